The summed E-state index contributed by atoms with van der Waals surface area (Å²) in [6.07, 6.45) is 1.58. The number of hydrogen-bond acceptors (Lipinski definition) is 7. The highest BCUT2D eigenvalue weighted by molar-refractivity contribution is 5.87. The van der Waals surface area contributed by atoms with Crippen molar-refractivity contribution in [1.29, 1.82) is 0 Å². The maximum Gasteiger partial charge on any atom is 0.410 e. The number of nitrogens with one attached hydrogen (secondary N) is 1. The number of hydroxylamine groups is 1. The smallest absolute Gasteiger partial charge is 0.410 e. The Kier molecular flexibility index (Phi) is 7.89. The van der Waals surface area contributed by atoms with Crippen molar-refractivity contribution in [3.63, 3.8) is 0 Å². The molecule has 0 bridgehead atoms. The van der Waals surface area contributed by atoms with Crippen LogP contribution < -0.4 is 10.4 Å². The van der Waals surface area contributed by atoms with E-state index in [4.69, 9.17) is 4.74 Å². The Morgan fingerprint density at radius 2 is 1.71 bits per heavy atom. The number of carbonyl (C=O) groups is 3. The van der Waals surface area contributed by atoms with E-state index in [-0.39, 0.29) is 25.0 Å². The summed E-state index contributed by atoms with van der Waals surface area (Å²) >= 11 is 0. The number of hydrogen-bond donors (Lipinski definition) is 3. The van der Waals surface area contributed by atoms with Gasteiger partial charge in [-0.1, -0.05) is 18.2 Å². The molecule has 0 aromatic heterocycles. The number of aliphatic hydroxyl groups is 1. The van der Waals surface area contributed by atoms with Crippen molar-refractivity contribution in [2.24, 2.45) is 11.8 Å². The first-order valence-corrected chi connectivity index (χ1v) is 12.1. The number of ether oxygens (including phenoxy) is 1. The fourth-order valence-corrected chi connectivity index (χ4v) is 5.44. The summed E-state index contributed by atoms with van der Waals surface area (Å²) in [7, 11) is 0. The molecule has 3 amide bonds. The predicted octanol–water partition coefficient (Wildman–Crippen LogP) is 1.22. The Labute approximate surface area is 199 Å². The van der Waals surface area contributed by atoms with Gasteiger partial charge in [0.2, 0.25) is 11.8 Å². The van der Waals surface area contributed by atoms with Gasteiger partial charge in [0.05, 0.1) is 24.5 Å². The average molecular weight is 475 g/mol. The first-order chi connectivity index (χ1) is 16.5. The molecule has 3 N–H and O–H groups in total. The molecule has 0 spiro atoms. The van der Waals surface area contributed by atoms with Crippen molar-refractivity contribution < 1.29 is 29.4 Å². The second-order valence-corrected chi connectivity index (χ2v) is 9.33. The van der Waals surface area contributed by atoms with Crippen LogP contribution in [0.5, 0.6) is 0 Å². The van der Waals surface area contributed by atoms with E-state index in [0.29, 0.717) is 45.6 Å². The van der Waals surface area contributed by atoms with Gasteiger partial charge in [0.25, 0.3) is 0 Å². The number of para-hydroxylation sites is 1. The molecule has 1 aliphatic carbocycles. The van der Waals surface area contributed by atoms with Crippen molar-refractivity contribution in [3.8, 4) is 0 Å². The molecule has 186 valence electrons. The summed E-state index contributed by atoms with van der Waals surface area (Å²) in [6, 6.07) is 9.81. The molecule has 3 fully saturated rings. The van der Waals surface area contributed by atoms with Gasteiger partial charge in [-0.3, -0.25) is 14.8 Å². The summed E-state index contributed by atoms with van der Waals surface area (Å²) in [5, 5.41) is 18.8. The zero-order valence-corrected chi connectivity index (χ0v) is 19.3. The van der Waals surface area contributed by atoms with Gasteiger partial charge in [0.15, 0.2) is 0 Å². The highest BCUT2D eigenvalue weighted by atomic mass is 16.6. The monoisotopic (exact) mass is 474 g/mol. The molecule has 1 saturated carbocycles. The zero-order valence-electron chi connectivity index (χ0n) is 19.3. The van der Waals surface area contributed by atoms with Crippen LogP contribution in [-0.4, -0.2) is 89.5 Å². The third-order valence-electron chi connectivity index (χ3n) is 7.37. The minimum absolute atomic E-state index is 0.0917. The number of piperazine rings is 1. The van der Waals surface area contributed by atoms with Gasteiger partial charge in [0, 0.05) is 38.4 Å². The van der Waals surface area contributed by atoms with E-state index in [2.05, 4.69) is 4.90 Å². The van der Waals surface area contributed by atoms with E-state index in [9.17, 15) is 24.7 Å². The number of benzene rings is 1. The van der Waals surface area contributed by atoms with Crippen LogP contribution in [0.4, 0.5) is 10.5 Å². The van der Waals surface area contributed by atoms with Gasteiger partial charge in [0.1, 0.15) is 6.10 Å². The van der Waals surface area contributed by atoms with Crippen molar-refractivity contribution in [3.05, 3.63) is 30.3 Å². The van der Waals surface area contributed by atoms with Crippen molar-refractivity contribution in [1.82, 2.24) is 15.3 Å². The highest BCUT2D eigenvalue weighted by Crippen LogP contribution is 2.34. The number of likely N-dealkylation sites (tertiary alicyclic amines) is 1. The summed E-state index contributed by atoms with van der Waals surface area (Å²) in [4.78, 5) is 44.0. The molecule has 34 heavy (non-hydrogen) atoms. The molecule has 10 nitrogen and oxygen atoms in total. The lowest BCUT2D eigenvalue weighted by Crippen LogP contribution is -2.53. The molecular formula is C24H34N4O6. The number of rotatable bonds is 5. The molecule has 1 aromatic carbocycles. The molecule has 2 aliphatic heterocycles. The Morgan fingerprint density at radius 1 is 0.971 bits per heavy atom. The zero-order chi connectivity index (χ0) is 24.1. The van der Waals surface area contributed by atoms with Gasteiger partial charge in [-0.25, -0.2) is 10.3 Å². The lowest BCUT2D eigenvalue weighted by molar-refractivity contribution is -0.149. The van der Waals surface area contributed by atoms with Crippen LogP contribution in [0.25, 0.3) is 0 Å². The van der Waals surface area contributed by atoms with E-state index >= 15 is 0 Å². The lowest BCUT2D eigenvalue weighted by Gasteiger charge is -2.40. The lowest BCUT2D eigenvalue weighted by atomic mass is 9.76. The number of nitrogens with zero attached hydrogens (tertiary/aromatic N) is 3. The van der Waals surface area contributed by atoms with Gasteiger partial charge >= 0.3 is 6.09 Å². The van der Waals surface area contributed by atoms with Crippen LogP contribution in [0, 0.1) is 11.8 Å². The van der Waals surface area contributed by atoms with Crippen LogP contribution in [0.15, 0.2) is 30.3 Å². The topological polar surface area (TPSA) is 123 Å². The normalized spacial score (nSPS) is 27.4. The van der Waals surface area contributed by atoms with Gasteiger partial charge in [-0.2, -0.15) is 0 Å². The molecule has 4 atom stereocenters. The van der Waals surface area contributed by atoms with Crippen molar-refractivity contribution in [2.75, 3.05) is 44.2 Å². The maximum atomic E-state index is 13.3. The second kappa shape index (κ2) is 11.1. The van der Waals surface area contributed by atoms with E-state index in [1.54, 1.807) is 10.4 Å². The molecule has 2 saturated heterocycles. The quantitative estimate of drug-likeness (QED) is 0.433. The molecular weight excluding hydrogens is 440 g/mol. The van der Waals surface area contributed by atoms with Crippen LogP contribution in [0.3, 0.4) is 0 Å². The van der Waals surface area contributed by atoms with Gasteiger partial charge in [-0.15, -0.1) is 0 Å². The minimum Gasteiger partial charge on any atom is -0.446 e. The molecule has 1 aromatic rings. The molecule has 0 radical (unpaired) electrons. The first-order valence-electron chi connectivity index (χ1n) is 12.1. The second-order valence-electron chi connectivity index (χ2n) is 9.33. The summed E-state index contributed by atoms with van der Waals surface area (Å²) in [6.45, 7) is 2.97. The fourth-order valence-electron chi connectivity index (χ4n) is 5.44. The summed E-state index contributed by atoms with van der Waals surface area (Å²) < 4.78 is 5.65. The SMILES string of the molecule is O=C(NO)[C@H]1C[C@H](OC(=O)N2CCC[C@@H]2CO)CC[C@@H]1C(=O)N1CCN(c2ccccc2)CC1. The van der Waals surface area contributed by atoms with E-state index < -0.39 is 29.9 Å². The number of aliphatic hydroxyl groups excluding tert-OH is 1. The van der Waals surface area contributed by atoms with Crippen molar-refractivity contribution >= 4 is 23.6 Å². The molecule has 0 unspecified atom stereocenters. The Bertz CT molecular complexity index is 860. The van der Waals surface area contributed by atoms with Crippen LogP contribution in [0.1, 0.15) is 32.1 Å². The van der Waals surface area contributed by atoms with Gasteiger partial charge < -0.3 is 24.5 Å². The Hall–Kier alpha value is -2.85. The minimum atomic E-state index is -0.775. The third kappa shape index (κ3) is 5.28. The maximum absolute atomic E-state index is 13.3. The largest absolute Gasteiger partial charge is 0.446 e. The standard InChI is InChI=1S/C24H34N4O6/c29-16-18-7-4-10-28(18)24(32)34-19-8-9-20(21(15-19)22(30)25-33)23(31)27-13-11-26(12-14-27)17-5-2-1-3-6-17/h1-3,5-6,18-21,29,33H,4,7-16H2,(H,25,30)/t18-,19-,20+,21+/m1/s1. The average Bonchev–Trinajstić information content (AvgIpc) is 3.38. The Balaban J connectivity index is 1.35. The van der Waals surface area contributed by atoms with E-state index in [1.165, 1.54) is 4.90 Å². The molecule has 2 heterocycles. The summed E-state index contributed by atoms with van der Waals surface area (Å²) in [5.41, 5.74) is 2.82. The number of carbonyl (C=O) groups excluding carboxylic acids is 3. The third-order valence-corrected chi connectivity index (χ3v) is 7.37. The number of anilines is 1. The van der Waals surface area contributed by atoms with Crippen LogP contribution >= 0.6 is 0 Å². The molecule has 3 aliphatic rings. The van der Waals surface area contributed by atoms with Gasteiger partial charge in [-0.05, 0) is 44.2 Å². The molecule has 10 heteroatoms. The van der Waals surface area contributed by atoms with E-state index in [0.717, 1.165) is 18.5 Å². The fraction of sp³-hybridized carbons (Fsp3) is 0.625. The molecule has 4 rings (SSSR count). The van der Waals surface area contributed by atoms with Crippen LogP contribution in [0.2, 0.25) is 0 Å². The predicted molar refractivity (Wildman–Crippen MR) is 123 cm³/mol. The van der Waals surface area contributed by atoms with E-state index in [1.807, 2.05) is 30.3 Å². The highest BCUT2D eigenvalue weighted by Gasteiger charge is 2.43. The summed E-state index contributed by atoms with van der Waals surface area (Å²) in [5.74, 6) is -2.06. The number of amides is 3. The van der Waals surface area contributed by atoms with Crippen LogP contribution in [-0.2, 0) is 14.3 Å². The Morgan fingerprint density at radius 3 is 2.38 bits per heavy atom. The first kappa shape index (κ1) is 24.3. The van der Waals surface area contributed by atoms with Crippen molar-refractivity contribution in [2.45, 2.75) is 44.2 Å².